The van der Waals surface area contributed by atoms with Crippen LogP contribution in [-0.2, 0) is 9.47 Å². The van der Waals surface area contributed by atoms with Gasteiger partial charge in [-0.05, 0) is 6.42 Å². The van der Waals surface area contributed by atoms with E-state index in [1.807, 2.05) is 6.92 Å². The van der Waals surface area contributed by atoms with Gasteiger partial charge in [-0.15, -0.1) is 0 Å². The van der Waals surface area contributed by atoms with Crippen LogP contribution in [0.15, 0.2) is 0 Å². The zero-order valence-electron chi connectivity index (χ0n) is 5.52. The molecule has 0 saturated carbocycles. The van der Waals surface area contributed by atoms with Gasteiger partial charge in [0, 0.05) is 20.6 Å². The maximum absolute atomic E-state index is 5.01. The van der Waals surface area contributed by atoms with Gasteiger partial charge in [-0.1, -0.05) is 6.92 Å². The van der Waals surface area contributed by atoms with Gasteiger partial charge in [0.05, 0.1) is 0 Å². The van der Waals surface area contributed by atoms with Gasteiger partial charge < -0.3 is 9.47 Å². The molecule has 0 aliphatic carbocycles. The zero-order valence-corrected chi connectivity index (χ0v) is 5.52. The van der Waals surface area contributed by atoms with Crippen LogP contribution in [-0.4, -0.2) is 20.0 Å². The molecule has 1 unspecified atom stereocenters. The van der Waals surface area contributed by atoms with Crippen LogP contribution in [0.1, 0.15) is 13.3 Å². The van der Waals surface area contributed by atoms with Gasteiger partial charge in [-0.25, -0.2) is 0 Å². The Morgan fingerprint density at radius 3 is 2.62 bits per heavy atom. The van der Waals surface area contributed by atoms with Gasteiger partial charge in [0.15, 0.2) is 6.29 Å². The summed E-state index contributed by atoms with van der Waals surface area (Å²) in [6.07, 6.45) is 0.713. The molecule has 0 aromatic carbocycles. The Labute approximate surface area is 50.8 Å². The standard InChI is InChI=1S/C6H13O2/c1-4-5-8-6(2)7-3/h6H,2,4-5H2,1,3H3. The zero-order chi connectivity index (χ0) is 6.41. The Morgan fingerprint density at radius 1 is 1.62 bits per heavy atom. The lowest BCUT2D eigenvalue weighted by Crippen LogP contribution is -2.10. The summed E-state index contributed by atoms with van der Waals surface area (Å²) < 4.78 is 9.73. The third-order valence-electron chi connectivity index (χ3n) is 0.771. The lowest BCUT2D eigenvalue weighted by Gasteiger charge is -2.08. The van der Waals surface area contributed by atoms with E-state index >= 15 is 0 Å². The molecule has 2 heteroatoms. The summed E-state index contributed by atoms with van der Waals surface area (Å²) in [5.41, 5.74) is 0. The predicted octanol–water partition coefficient (Wildman–Crippen LogP) is 1.22. The van der Waals surface area contributed by atoms with Crippen LogP contribution in [0, 0.1) is 6.92 Å². The van der Waals surface area contributed by atoms with Crippen LogP contribution in [0.5, 0.6) is 0 Å². The topological polar surface area (TPSA) is 18.5 Å². The van der Waals surface area contributed by atoms with Gasteiger partial charge >= 0.3 is 0 Å². The summed E-state index contributed by atoms with van der Waals surface area (Å²) in [6, 6.07) is 0. The van der Waals surface area contributed by atoms with Gasteiger partial charge in [-0.2, -0.15) is 0 Å². The van der Waals surface area contributed by atoms with E-state index in [0.29, 0.717) is 0 Å². The first-order valence-electron chi connectivity index (χ1n) is 2.78. The molecule has 0 spiro atoms. The molecule has 8 heavy (non-hydrogen) atoms. The summed E-state index contributed by atoms with van der Waals surface area (Å²) >= 11 is 0. The summed E-state index contributed by atoms with van der Waals surface area (Å²) in [4.78, 5) is 0. The first kappa shape index (κ1) is 7.92. The first-order chi connectivity index (χ1) is 3.81. The Kier molecular flexibility index (Phi) is 5.01. The summed E-state index contributed by atoms with van der Waals surface area (Å²) in [6.45, 7) is 6.32. The molecule has 0 bridgehead atoms. The minimum absolute atomic E-state index is 0.296. The van der Waals surface area contributed by atoms with E-state index in [0.717, 1.165) is 13.0 Å². The van der Waals surface area contributed by atoms with Crippen LogP contribution < -0.4 is 0 Å². The number of hydrogen-bond donors (Lipinski definition) is 0. The lowest BCUT2D eigenvalue weighted by atomic mass is 10.5. The molecule has 0 aromatic rings. The third-order valence-corrected chi connectivity index (χ3v) is 0.771. The second-order valence-electron chi connectivity index (χ2n) is 1.54. The van der Waals surface area contributed by atoms with Crippen molar-refractivity contribution >= 4 is 0 Å². The number of rotatable bonds is 4. The maximum Gasteiger partial charge on any atom is 0.157 e. The smallest absolute Gasteiger partial charge is 0.157 e. The Balaban J connectivity index is 2.86. The SMILES string of the molecule is [CH2]C(OC)OCCC. The molecule has 0 rings (SSSR count). The molecule has 0 N–H and O–H groups in total. The maximum atomic E-state index is 5.01. The highest BCUT2D eigenvalue weighted by Gasteiger charge is 1.94. The number of hydrogen-bond acceptors (Lipinski definition) is 2. The summed E-state index contributed by atoms with van der Waals surface area (Å²) in [7, 11) is 1.58. The van der Waals surface area contributed by atoms with Crippen LogP contribution >= 0.6 is 0 Å². The normalized spacial score (nSPS) is 13.9. The third kappa shape index (κ3) is 4.09. The second-order valence-corrected chi connectivity index (χ2v) is 1.54. The van der Waals surface area contributed by atoms with Crippen molar-refractivity contribution in [3.63, 3.8) is 0 Å². The fourth-order valence-electron chi connectivity index (χ4n) is 0.317. The van der Waals surface area contributed by atoms with Crippen molar-refractivity contribution < 1.29 is 9.47 Å². The van der Waals surface area contributed by atoms with Crippen molar-refractivity contribution in [2.75, 3.05) is 13.7 Å². The van der Waals surface area contributed by atoms with E-state index < -0.39 is 0 Å². The fourth-order valence-corrected chi connectivity index (χ4v) is 0.317. The molecule has 49 valence electrons. The molecule has 0 amide bonds. The van der Waals surface area contributed by atoms with Crippen LogP contribution in [0.3, 0.4) is 0 Å². The van der Waals surface area contributed by atoms with Gasteiger partial charge in [0.2, 0.25) is 0 Å². The van der Waals surface area contributed by atoms with Gasteiger partial charge in [-0.3, -0.25) is 0 Å². The van der Waals surface area contributed by atoms with Crippen LogP contribution in [0.25, 0.3) is 0 Å². The Morgan fingerprint density at radius 2 is 2.25 bits per heavy atom. The summed E-state index contributed by atoms with van der Waals surface area (Å²) in [5, 5.41) is 0. The van der Waals surface area contributed by atoms with Crippen molar-refractivity contribution in [2.24, 2.45) is 0 Å². The van der Waals surface area contributed by atoms with E-state index in [1.165, 1.54) is 0 Å². The highest BCUT2D eigenvalue weighted by atomic mass is 16.7. The minimum atomic E-state index is -0.296. The van der Waals surface area contributed by atoms with E-state index in [2.05, 4.69) is 6.92 Å². The molecule has 0 aromatic heterocycles. The van der Waals surface area contributed by atoms with Gasteiger partial charge in [0.1, 0.15) is 0 Å². The van der Waals surface area contributed by atoms with E-state index in [1.54, 1.807) is 7.11 Å². The Hall–Kier alpha value is -0.0800. The molecule has 0 saturated heterocycles. The monoisotopic (exact) mass is 117 g/mol. The van der Waals surface area contributed by atoms with E-state index in [-0.39, 0.29) is 6.29 Å². The molecule has 1 atom stereocenters. The first-order valence-corrected chi connectivity index (χ1v) is 2.78. The predicted molar refractivity (Wildman–Crippen MR) is 32.4 cm³/mol. The van der Waals surface area contributed by atoms with Crippen molar-refractivity contribution in [1.82, 2.24) is 0 Å². The van der Waals surface area contributed by atoms with E-state index in [9.17, 15) is 0 Å². The fraction of sp³-hybridized carbons (Fsp3) is 0.833. The molecule has 0 heterocycles. The number of ether oxygens (including phenoxy) is 2. The lowest BCUT2D eigenvalue weighted by molar-refractivity contribution is -0.0922. The van der Waals surface area contributed by atoms with Crippen molar-refractivity contribution in [1.29, 1.82) is 0 Å². The minimum Gasteiger partial charge on any atom is -0.356 e. The van der Waals surface area contributed by atoms with Crippen molar-refractivity contribution in [2.45, 2.75) is 19.6 Å². The van der Waals surface area contributed by atoms with Crippen molar-refractivity contribution in [3.8, 4) is 0 Å². The molecule has 2 nitrogen and oxygen atoms in total. The molecule has 1 radical (unpaired) electrons. The molecule has 0 aliphatic heterocycles. The second kappa shape index (κ2) is 5.06. The highest BCUT2D eigenvalue weighted by Crippen LogP contribution is 1.89. The van der Waals surface area contributed by atoms with Gasteiger partial charge in [0.25, 0.3) is 0 Å². The van der Waals surface area contributed by atoms with Crippen LogP contribution in [0.2, 0.25) is 0 Å². The summed E-state index contributed by atoms with van der Waals surface area (Å²) in [5.74, 6) is 0. The average molecular weight is 117 g/mol. The average Bonchev–Trinajstić information content (AvgIpc) is 1.83. The van der Waals surface area contributed by atoms with Crippen LogP contribution in [0.4, 0.5) is 0 Å². The molecular formula is C6H13O2. The molecule has 0 fully saturated rings. The van der Waals surface area contributed by atoms with E-state index in [4.69, 9.17) is 9.47 Å². The largest absolute Gasteiger partial charge is 0.356 e. The van der Waals surface area contributed by atoms with Crippen molar-refractivity contribution in [3.05, 3.63) is 6.92 Å². The Bertz CT molecular complexity index is 45.8. The quantitative estimate of drug-likeness (QED) is 0.515. The molecule has 0 aliphatic rings. The number of methoxy groups -OCH3 is 1. The molecular weight excluding hydrogens is 104 g/mol. The highest BCUT2D eigenvalue weighted by molar-refractivity contribution is 4.41.